The van der Waals surface area contributed by atoms with E-state index in [1.165, 1.54) is 5.01 Å². The molecule has 0 spiro atoms. The Labute approximate surface area is 65.4 Å². The largest absolute Gasteiger partial charge is 0.234 e. The van der Waals surface area contributed by atoms with Gasteiger partial charge in [-0.3, -0.25) is 0 Å². The third-order valence-electron chi connectivity index (χ3n) is 1.35. The lowest BCUT2D eigenvalue weighted by Crippen LogP contribution is -2.12. The summed E-state index contributed by atoms with van der Waals surface area (Å²) in [5.41, 5.74) is 7.72. The van der Waals surface area contributed by atoms with E-state index >= 15 is 0 Å². The van der Waals surface area contributed by atoms with Crippen molar-refractivity contribution in [1.29, 1.82) is 5.53 Å². The molecule has 0 aliphatic carbocycles. The van der Waals surface area contributed by atoms with Gasteiger partial charge in [-0.2, -0.15) is 5.53 Å². The fraction of sp³-hybridized carbons (Fsp3) is 0.286. The Morgan fingerprint density at radius 3 is 3.00 bits per heavy atom. The summed E-state index contributed by atoms with van der Waals surface area (Å²) in [6.45, 7) is 3.77. The zero-order valence-corrected chi connectivity index (χ0v) is 6.57. The normalized spacial score (nSPS) is 20.4. The molecular formula is C7H10N4. The first-order valence-corrected chi connectivity index (χ1v) is 3.34. The fourth-order valence-electron chi connectivity index (χ4n) is 0.805. The maximum absolute atomic E-state index is 6.79. The lowest BCUT2D eigenvalue weighted by atomic mass is 10.3. The van der Waals surface area contributed by atoms with Crippen LogP contribution in [-0.2, 0) is 0 Å². The van der Waals surface area contributed by atoms with Gasteiger partial charge in [0.1, 0.15) is 0 Å². The molecule has 4 heteroatoms. The molecule has 0 amide bonds. The molecule has 0 saturated heterocycles. The highest BCUT2D eigenvalue weighted by atomic mass is 15.5. The Hall–Kier alpha value is -1.45. The Bertz CT molecular complexity index is 249. The quantitative estimate of drug-likeness (QED) is 0.571. The summed E-state index contributed by atoms with van der Waals surface area (Å²) in [7, 11) is 0. The van der Waals surface area contributed by atoms with Crippen molar-refractivity contribution in [2.24, 2.45) is 10.2 Å². The molecule has 58 valence electrons. The van der Waals surface area contributed by atoms with Gasteiger partial charge in [-0.25, -0.2) is 10.0 Å². The van der Waals surface area contributed by atoms with Crippen LogP contribution in [-0.4, -0.2) is 10.7 Å². The van der Waals surface area contributed by atoms with Crippen molar-refractivity contribution in [3.8, 4) is 0 Å². The molecule has 0 aromatic rings. The van der Waals surface area contributed by atoms with E-state index in [4.69, 9.17) is 5.53 Å². The average molecular weight is 150 g/mol. The molecule has 0 atom stereocenters. The second-order valence-corrected chi connectivity index (χ2v) is 2.16. The minimum absolute atomic E-state index is 0.694. The van der Waals surface area contributed by atoms with Gasteiger partial charge in [0.05, 0.1) is 0 Å². The van der Waals surface area contributed by atoms with Crippen LogP contribution in [0.2, 0.25) is 0 Å². The molecule has 0 saturated carbocycles. The summed E-state index contributed by atoms with van der Waals surface area (Å²) in [4.78, 5) is 4.16. The number of allylic oxidation sites excluding steroid dienone is 2. The number of hydrogen-bond donors (Lipinski definition) is 1. The van der Waals surface area contributed by atoms with Gasteiger partial charge in [-0.15, -0.1) is 0 Å². The number of aliphatic imine (C=N–C) groups is 1. The van der Waals surface area contributed by atoms with Gasteiger partial charge in [0.25, 0.3) is 0 Å². The van der Waals surface area contributed by atoms with Gasteiger partial charge >= 0.3 is 0 Å². The Balaban J connectivity index is 2.92. The Morgan fingerprint density at radius 1 is 1.73 bits per heavy atom. The van der Waals surface area contributed by atoms with Crippen molar-refractivity contribution in [1.82, 2.24) is 5.01 Å². The van der Waals surface area contributed by atoms with Crippen LogP contribution in [0.4, 0.5) is 0 Å². The number of rotatable bonds is 1. The first kappa shape index (κ1) is 7.65. The maximum atomic E-state index is 6.79. The molecular weight excluding hydrogens is 140 g/mol. The summed E-state index contributed by atoms with van der Waals surface area (Å²) in [5, 5.41) is 4.67. The van der Waals surface area contributed by atoms with Crippen molar-refractivity contribution in [3.63, 3.8) is 0 Å². The first-order valence-electron chi connectivity index (χ1n) is 3.34. The zero-order chi connectivity index (χ0) is 8.27. The SMILES string of the molecule is C/C=C1/N=C(C)C=CN1N=N. The van der Waals surface area contributed by atoms with Gasteiger partial charge < -0.3 is 0 Å². The van der Waals surface area contributed by atoms with Gasteiger partial charge in [0.2, 0.25) is 0 Å². The van der Waals surface area contributed by atoms with Crippen LogP contribution < -0.4 is 0 Å². The van der Waals surface area contributed by atoms with Crippen LogP contribution in [0.5, 0.6) is 0 Å². The number of hydrogen-bond acceptors (Lipinski definition) is 3. The molecule has 1 aliphatic rings. The Kier molecular flexibility index (Phi) is 2.15. The van der Waals surface area contributed by atoms with Crippen molar-refractivity contribution in [2.75, 3.05) is 0 Å². The highest BCUT2D eigenvalue weighted by Crippen LogP contribution is 2.12. The lowest BCUT2D eigenvalue weighted by Gasteiger charge is -2.15. The maximum Gasteiger partial charge on any atom is 0.150 e. The lowest BCUT2D eigenvalue weighted by molar-refractivity contribution is 0.440. The topological polar surface area (TPSA) is 51.8 Å². The number of nitrogens with zero attached hydrogens (tertiary/aromatic N) is 3. The van der Waals surface area contributed by atoms with Crippen LogP contribution in [0.15, 0.2) is 34.4 Å². The van der Waals surface area contributed by atoms with Crippen LogP contribution in [0.3, 0.4) is 0 Å². The molecule has 0 unspecified atom stereocenters. The minimum atomic E-state index is 0.694. The van der Waals surface area contributed by atoms with E-state index in [0.717, 1.165) is 5.71 Å². The van der Waals surface area contributed by atoms with Crippen molar-refractivity contribution < 1.29 is 0 Å². The second-order valence-electron chi connectivity index (χ2n) is 2.16. The van der Waals surface area contributed by atoms with E-state index in [1.54, 1.807) is 6.20 Å². The molecule has 0 aromatic heterocycles. The van der Waals surface area contributed by atoms with E-state index in [2.05, 4.69) is 10.2 Å². The summed E-state index contributed by atoms with van der Waals surface area (Å²) < 4.78 is 0. The molecule has 1 rings (SSSR count). The monoisotopic (exact) mass is 150 g/mol. The highest BCUT2D eigenvalue weighted by Gasteiger charge is 2.06. The molecule has 1 heterocycles. The van der Waals surface area contributed by atoms with Gasteiger partial charge in [0.15, 0.2) is 5.82 Å². The molecule has 0 radical (unpaired) electrons. The third-order valence-corrected chi connectivity index (χ3v) is 1.35. The van der Waals surface area contributed by atoms with Crippen LogP contribution in [0.25, 0.3) is 0 Å². The van der Waals surface area contributed by atoms with Crippen molar-refractivity contribution in [3.05, 3.63) is 24.2 Å². The van der Waals surface area contributed by atoms with Crippen molar-refractivity contribution in [2.45, 2.75) is 13.8 Å². The smallest absolute Gasteiger partial charge is 0.150 e. The van der Waals surface area contributed by atoms with Crippen LogP contribution in [0.1, 0.15) is 13.8 Å². The van der Waals surface area contributed by atoms with E-state index in [9.17, 15) is 0 Å². The van der Waals surface area contributed by atoms with Crippen molar-refractivity contribution >= 4 is 5.71 Å². The molecule has 0 bridgehead atoms. The molecule has 1 N–H and O–H groups in total. The summed E-state index contributed by atoms with van der Waals surface area (Å²) in [6.07, 6.45) is 5.33. The fourth-order valence-corrected chi connectivity index (χ4v) is 0.805. The predicted octanol–water partition coefficient (Wildman–Crippen LogP) is 2.08. The van der Waals surface area contributed by atoms with Gasteiger partial charge in [-0.1, -0.05) is 5.22 Å². The first-order chi connectivity index (χ1) is 5.27. The molecule has 4 nitrogen and oxygen atoms in total. The predicted molar refractivity (Wildman–Crippen MR) is 43.0 cm³/mol. The van der Waals surface area contributed by atoms with Crippen LogP contribution >= 0.6 is 0 Å². The van der Waals surface area contributed by atoms with Gasteiger partial charge in [-0.05, 0) is 26.0 Å². The van der Waals surface area contributed by atoms with E-state index < -0.39 is 0 Å². The van der Waals surface area contributed by atoms with E-state index in [0.29, 0.717) is 5.82 Å². The molecule has 0 fully saturated rings. The molecule has 1 aliphatic heterocycles. The number of nitrogens with one attached hydrogen (secondary N) is 1. The van der Waals surface area contributed by atoms with Gasteiger partial charge in [0, 0.05) is 11.9 Å². The highest BCUT2D eigenvalue weighted by molar-refractivity contribution is 5.94. The summed E-state index contributed by atoms with van der Waals surface area (Å²) in [5.74, 6) is 0.694. The third kappa shape index (κ3) is 1.52. The molecule has 0 aromatic carbocycles. The minimum Gasteiger partial charge on any atom is -0.234 e. The average Bonchev–Trinajstić information content (AvgIpc) is 2.04. The second kappa shape index (κ2) is 3.09. The Morgan fingerprint density at radius 2 is 2.45 bits per heavy atom. The summed E-state index contributed by atoms with van der Waals surface area (Å²) >= 11 is 0. The summed E-state index contributed by atoms with van der Waals surface area (Å²) in [6, 6.07) is 0. The zero-order valence-electron chi connectivity index (χ0n) is 6.57. The van der Waals surface area contributed by atoms with E-state index in [1.807, 2.05) is 26.0 Å². The standard InChI is InChI=1S/C7H10N4/c1-3-7-9-6(2)4-5-11(7)10-8/h3-5,8H,1-2H3/b7-3-,10-8?. The van der Waals surface area contributed by atoms with Crippen LogP contribution in [0, 0.1) is 5.53 Å². The van der Waals surface area contributed by atoms with E-state index in [-0.39, 0.29) is 0 Å². The molecule has 11 heavy (non-hydrogen) atoms.